The van der Waals surface area contributed by atoms with E-state index >= 15 is 0 Å². The van der Waals surface area contributed by atoms with E-state index in [0.29, 0.717) is 17.1 Å². The lowest BCUT2D eigenvalue weighted by molar-refractivity contribution is 0.0930. The number of aromatic nitrogens is 1. The number of benzene rings is 1. The molecule has 1 atom stereocenters. The van der Waals surface area contributed by atoms with Crippen LogP contribution < -0.4 is 5.32 Å². The summed E-state index contributed by atoms with van der Waals surface area (Å²) in [6.07, 6.45) is 5.78. The van der Waals surface area contributed by atoms with Crippen LogP contribution >= 0.6 is 11.8 Å². The fraction of sp³-hybridized carbons (Fsp3) is 0.273. The summed E-state index contributed by atoms with van der Waals surface area (Å²) < 4.78 is 5.64. The number of pyridine rings is 1. The summed E-state index contributed by atoms with van der Waals surface area (Å²) in [5.41, 5.74) is 0.593. The number of hydrogen-bond acceptors (Lipinski definition) is 5. The Labute approximate surface area is 169 Å². The molecule has 6 heteroatoms. The maximum absolute atomic E-state index is 12.9. The summed E-state index contributed by atoms with van der Waals surface area (Å²) in [4.78, 5) is 20.8. The highest BCUT2D eigenvalue weighted by atomic mass is 32.2. The lowest BCUT2D eigenvalue weighted by Crippen LogP contribution is -2.36. The first kappa shape index (κ1) is 18.8. The number of hydrogen-bond donors (Lipinski definition) is 1. The standard InChI is InChI=1S/C22H23N3O2S/c26-21(18-10-6-12-23-22(18)28-17-8-2-1-3-9-17)24-16-19(20-11-7-15-27-20)25-13-4-5-14-25/h1-3,6-12,15,19H,4-5,13-14,16H2,(H,24,26)/t19-/m0/s1. The minimum atomic E-state index is -0.109. The largest absolute Gasteiger partial charge is 0.468 e. The molecule has 3 heterocycles. The first-order valence-electron chi connectivity index (χ1n) is 9.55. The summed E-state index contributed by atoms with van der Waals surface area (Å²) >= 11 is 1.50. The fourth-order valence-corrected chi connectivity index (χ4v) is 4.37. The number of carbonyl (C=O) groups is 1. The first-order chi connectivity index (χ1) is 13.8. The Morgan fingerprint density at radius 3 is 2.68 bits per heavy atom. The number of furan rings is 1. The van der Waals surface area contributed by atoms with Crippen molar-refractivity contribution in [3.05, 3.63) is 78.4 Å². The predicted octanol–water partition coefficient (Wildman–Crippen LogP) is 4.39. The third-order valence-corrected chi connectivity index (χ3v) is 5.91. The molecule has 1 fully saturated rings. The average molecular weight is 394 g/mol. The van der Waals surface area contributed by atoms with E-state index < -0.39 is 0 Å². The van der Waals surface area contributed by atoms with Crippen molar-refractivity contribution in [3.63, 3.8) is 0 Å². The maximum atomic E-state index is 12.9. The van der Waals surface area contributed by atoms with Gasteiger partial charge < -0.3 is 9.73 Å². The third-order valence-electron chi connectivity index (χ3n) is 4.88. The van der Waals surface area contributed by atoms with E-state index in [1.54, 1.807) is 18.5 Å². The molecule has 3 aromatic rings. The smallest absolute Gasteiger partial charge is 0.254 e. The van der Waals surface area contributed by atoms with Crippen molar-refractivity contribution in [3.8, 4) is 0 Å². The fourth-order valence-electron chi connectivity index (χ4n) is 3.47. The van der Waals surface area contributed by atoms with Gasteiger partial charge >= 0.3 is 0 Å². The van der Waals surface area contributed by atoms with Crippen molar-refractivity contribution in [1.29, 1.82) is 0 Å². The normalized spacial score (nSPS) is 15.4. The van der Waals surface area contributed by atoms with Crippen molar-refractivity contribution in [2.75, 3.05) is 19.6 Å². The monoisotopic (exact) mass is 393 g/mol. The zero-order valence-electron chi connectivity index (χ0n) is 15.6. The molecule has 1 saturated heterocycles. The highest BCUT2D eigenvalue weighted by Crippen LogP contribution is 2.29. The topological polar surface area (TPSA) is 58.4 Å². The van der Waals surface area contributed by atoms with E-state index in [0.717, 1.165) is 23.7 Å². The molecule has 0 unspecified atom stereocenters. The summed E-state index contributed by atoms with van der Waals surface area (Å²) in [6, 6.07) is 17.5. The van der Waals surface area contributed by atoms with Gasteiger partial charge in [-0.2, -0.15) is 0 Å². The Morgan fingerprint density at radius 2 is 1.93 bits per heavy atom. The van der Waals surface area contributed by atoms with E-state index in [9.17, 15) is 4.79 Å². The van der Waals surface area contributed by atoms with Crippen LogP contribution in [-0.2, 0) is 0 Å². The maximum Gasteiger partial charge on any atom is 0.254 e. The second kappa shape index (κ2) is 9.08. The molecule has 1 aliphatic rings. The molecule has 144 valence electrons. The molecule has 0 aliphatic carbocycles. The Balaban J connectivity index is 1.47. The molecule has 1 amide bonds. The van der Waals surface area contributed by atoms with E-state index in [1.807, 2.05) is 48.5 Å². The van der Waals surface area contributed by atoms with Gasteiger partial charge in [-0.25, -0.2) is 4.98 Å². The van der Waals surface area contributed by atoms with Crippen molar-refractivity contribution in [1.82, 2.24) is 15.2 Å². The lowest BCUT2D eigenvalue weighted by atomic mass is 10.2. The molecule has 4 rings (SSSR count). The van der Waals surface area contributed by atoms with Crippen LogP contribution in [0.15, 0.2) is 81.4 Å². The number of nitrogens with zero attached hydrogens (tertiary/aromatic N) is 2. The molecule has 0 bridgehead atoms. The van der Waals surface area contributed by atoms with Crippen molar-refractivity contribution < 1.29 is 9.21 Å². The van der Waals surface area contributed by atoms with Crippen LogP contribution in [0, 0.1) is 0 Å². The van der Waals surface area contributed by atoms with Gasteiger partial charge in [-0.15, -0.1) is 0 Å². The van der Waals surface area contributed by atoms with Crippen molar-refractivity contribution in [2.45, 2.75) is 28.8 Å². The average Bonchev–Trinajstić information content (AvgIpc) is 3.44. The van der Waals surface area contributed by atoms with Gasteiger partial charge in [0.15, 0.2) is 0 Å². The molecular weight excluding hydrogens is 370 g/mol. The molecule has 28 heavy (non-hydrogen) atoms. The second-order valence-electron chi connectivity index (χ2n) is 6.76. The van der Waals surface area contributed by atoms with Crippen LogP contribution in [0.2, 0.25) is 0 Å². The Hall–Kier alpha value is -2.57. The molecule has 0 saturated carbocycles. The minimum Gasteiger partial charge on any atom is -0.468 e. The molecule has 1 N–H and O–H groups in total. The zero-order valence-corrected chi connectivity index (χ0v) is 16.4. The Kier molecular flexibility index (Phi) is 6.09. The number of rotatable bonds is 7. The van der Waals surface area contributed by atoms with E-state index in [1.165, 1.54) is 24.6 Å². The van der Waals surface area contributed by atoms with Crippen LogP contribution in [0.4, 0.5) is 0 Å². The van der Waals surface area contributed by atoms with Gasteiger partial charge in [-0.3, -0.25) is 9.69 Å². The second-order valence-corrected chi connectivity index (χ2v) is 7.82. The van der Waals surface area contributed by atoms with Crippen LogP contribution in [0.3, 0.4) is 0 Å². The van der Waals surface area contributed by atoms with Crippen LogP contribution in [0.1, 0.15) is 35.0 Å². The highest BCUT2D eigenvalue weighted by Gasteiger charge is 2.26. The molecule has 0 radical (unpaired) electrons. The van der Waals surface area contributed by atoms with Gasteiger partial charge in [0.1, 0.15) is 10.8 Å². The number of carbonyl (C=O) groups excluding carboxylic acids is 1. The molecular formula is C22H23N3O2S. The van der Waals surface area contributed by atoms with Gasteiger partial charge in [0.25, 0.3) is 5.91 Å². The van der Waals surface area contributed by atoms with Crippen LogP contribution in [0.25, 0.3) is 0 Å². The van der Waals surface area contributed by atoms with E-state index in [-0.39, 0.29) is 11.9 Å². The molecule has 0 spiro atoms. The van der Waals surface area contributed by atoms with E-state index in [2.05, 4.69) is 15.2 Å². The first-order valence-corrected chi connectivity index (χ1v) is 10.4. The van der Waals surface area contributed by atoms with Crippen LogP contribution in [0.5, 0.6) is 0 Å². The molecule has 5 nitrogen and oxygen atoms in total. The highest BCUT2D eigenvalue weighted by molar-refractivity contribution is 7.99. The zero-order chi connectivity index (χ0) is 19.2. The van der Waals surface area contributed by atoms with Gasteiger partial charge in [0, 0.05) is 17.6 Å². The van der Waals surface area contributed by atoms with Gasteiger partial charge in [0.05, 0.1) is 17.9 Å². The predicted molar refractivity (Wildman–Crippen MR) is 109 cm³/mol. The lowest BCUT2D eigenvalue weighted by Gasteiger charge is -2.26. The molecule has 1 aliphatic heterocycles. The SMILES string of the molecule is O=C(NC[C@@H](c1ccco1)N1CCCC1)c1cccnc1Sc1ccccc1. The summed E-state index contributed by atoms with van der Waals surface area (Å²) in [5.74, 6) is 0.787. The number of likely N-dealkylation sites (tertiary alicyclic amines) is 1. The van der Waals surface area contributed by atoms with Gasteiger partial charge in [-0.1, -0.05) is 30.0 Å². The van der Waals surface area contributed by atoms with E-state index in [4.69, 9.17) is 4.42 Å². The van der Waals surface area contributed by atoms with Gasteiger partial charge in [-0.05, 0) is 62.3 Å². The minimum absolute atomic E-state index is 0.0587. The van der Waals surface area contributed by atoms with Crippen LogP contribution in [-0.4, -0.2) is 35.4 Å². The van der Waals surface area contributed by atoms with Crippen molar-refractivity contribution in [2.24, 2.45) is 0 Å². The number of nitrogens with one attached hydrogen (secondary N) is 1. The summed E-state index contributed by atoms with van der Waals surface area (Å²) in [5, 5.41) is 3.81. The quantitative estimate of drug-likeness (QED) is 0.645. The summed E-state index contributed by atoms with van der Waals surface area (Å²) in [7, 11) is 0. The number of amides is 1. The van der Waals surface area contributed by atoms with Crippen molar-refractivity contribution >= 4 is 17.7 Å². The van der Waals surface area contributed by atoms with Gasteiger partial charge in [0.2, 0.25) is 0 Å². The third kappa shape index (κ3) is 4.46. The Bertz CT molecular complexity index is 893. The molecule has 2 aromatic heterocycles. The molecule has 1 aromatic carbocycles. The summed E-state index contributed by atoms with van der Waals surface area (Å²) in [6.45, 7) is 2.57. The Morgan fingerprint density at radius 1 is 1.11 bits per heavy atom.